The highest BCUT2D eigenvalue weighted by Crippen LogP contribution is 2.62. The van der Waals surface area contributed by atoms with E-state index in [0.29, 0.717) is 41.4 Å². The normalized spacial score (nSPS) is 53.8. The second-order valence-electron chi connectivity index (χ2n) is 19.8. The van der Waals surface area contributed by atoms with Gasteiger partial charge in [-0.05, 0) is 180 Å². The van der Waals surface area contributed by atoms with Gasteiger partial charge in [0.05, 0.1) is 11.8 Å². The van der Waals surface area contributed by atoms with Gasteiger partial charge in [0.1, 0.15) is 11.2 Å². The quantitative estimate of drug-likeness (QED) is 0.273. The van der Waals surface area contributed by atoms with Gasteiger partial charge in [-0.15, -0.1) is 0 Å². The molecular formula is C42H66O4. The third-order valence-corrected chi connectivity index (χ3v) is 17.8. The van der Waals surface area contributed by atoms with E-state index in [1.807, 2.05) is 0 Å². The van der Waals surface area contributed by atoms with Gasteiger partial charge >= 0.3 is 11.9 Å². The Kier molecular flexibility index (Phi) is 8.04. The van der Waals surface area contributed by atoms with Crippen LogP contribution in [0.1, 0.15) is 138 Å². The van der Waals surface area contributed by atoms with Crippen LogP contribution in [0.25, 0.3) is 0 Å². The molecule has 4 heteroatoms. The summed E-state index contributed by atoms with van der Waals surface area (Å²) in [5.74, 6) is 12.0. The van der Waals surface area contributed by atoms with Crippen molar-refractivity contribution in [2.24, 2.45) is 101 Å². The summed E-state index contributed by atoms with van der Waals surface area (Å²) in [4.78, 5) is 26.1. The second-order valence-corrected chi connectivity index (χ2v) is 19.8. The predicted molar refractivity (Wildman–Crippen MR) is 181 cm³/mol. The lowest BCUT2D eigenvalue weighted by atomic mass is 9.49. The maximum atomic E-state index is 13.2. The van der Waals surface area contributed by atoms with Gasteiger partial charge in [0.25, 0.3) is 0 Å². The van der Waals surface area contributed by atoms with Crippen LogP contribution in [-0.2, 0) is 19.1 Å². The lowest BCUT2D eigenvalue weighted by molar-refractivity contribution is -0.216. The van der Waals surface area contributed by atoms with E-state index in [1.54, 1.807) is 0 Å². The Hall–Kier alpha value is -1.06. The molecule has 10 bridgehead atoms. The van der Waals surface area contributed by atoms with Gasteiger partial charge in [0.2, 0.25) is 0 Å². The fraction of sp³-hybridized carbons (Fsp3) is 0.952. The first kappa shape index (κ1) is 32.2. The Morgan fingerprint density at radius 1 is 0.609 bits per heavy atom. The molecule has 0 aromatic carbocycles. The highest BCUT2D eigenvalue weighted by atomic mass is 16.6. The van der Waals surface area contributed by atoms with Gasteiger partial charge in [0.15, 0.2) is 0 Å². The molecule has 0 aromatic rings. The summed E-state index contributed by atoms with van der Waals surface area (Å²) in [7, 11) is 0. The number of carbonyl (C=O) groups is 2. The first-order valence-electron chi connectivity index (χ1n) is 20.3. The van der Waals surface area contributed by atoms with Gasteiger partial charge in [-0.2, -0.15) is 0 Å². The number of fused-ring (bicyclic) bond motifs is 6. The van der Waals surface area contributed by atoms with Gasteiger partial charge < -0.3 is 9.47 Å². The van der Waals surface area contributed by atoms with Gasteiger partial charge in [-0.1, -0.05) is 41.0 Å². The van der Waals surface area contributed by atoms with Gasteiger partial charge in [-0.25, -0.2) is 0 Å². The molecule has 0 saturated heterocycles. The van der Waals surface area contributed by atoms with E-state index in [0.717, 1.165) is 66.6 Å². The van der Waals surface area contributed by atoms with Crippen molar-refractivity contribution in [2.75, 3.05) is 0 Å². The molecule has 0 spiro atoms. The molecule has 0 aliphatic heterocycles. The number of hydrogen-bond donors (Lipinski definition) is 0. The van der Waals surface area contributed by atoms with E-state index in [4.69, 9.17) is 9.47 Å². The van der Waals surface area contributed by atoms with Crippen LogP contribution in [-0.4, -0.2) is 23.1 Å². The fourth-order valence-corrected chi connectivity index (χ4v) is 15.0. The molecule has 0 aromatic heterocycles. The predicted octanol–water partition coefficient (Wildman–Crippen LogP) is 9.74. The molecule has 0 amide bonds. The van der Waals surface area contributed by atoms with Gasteiger partial charge in [-0.3, -0.25) is 9.59 Å². The molecule has 13 atom stereocenters. The molecule has 0 radical (unpaired) electrons. The largest absolute Gasteiger partial charge is 0.459 e. The monoisotopic (exact) mass is 634 g/mol. The summed E-state index contributed by atoms with van der Waals surface area (Å²) in [5.41, 5.74) is -0.352. The van der Waals surface area contributed by atoms with Crippen LogP contribution in [0.4, 0.5) is 0 Å². The van der Waals surface area contributed by atoms with E-state index in [1.165, 1.54) is 70.6 Å². The zero-order valence-corrected chi connectivity index (χ0v) is 30.3. The third kappa shape index (κ3) is 5.00. The Labute approximate surface area is 280 Å². The Morgan fingerprint density at radius 3 is 1.59 bits per heavy atom. The van der Waals surface area contributed by atoms with Crippen LogP contribution in [0.15, 0.2) is 0 Å². The van der Waals surface area contributed by atoms with Gasteiger partial charge in [0, 0.05) is 5.92 Å². The number of hydrogen-bond acceptors (Lipinski definition) is 4. The summed E-state index contributed by atoms with van der Waals surface area (Å²) >= 11 is 0. The van der Waals surface area contributed by atoms with Crippen molar-refractivity contribution < 1.29 is 19.1 Å². The van der Waals surface area contributed by atoms with E-state index < -0.39 is 0 Å². The minimum absolute atomic E-state index is 0.0960. The van der Waals surface area contributed by atoms with Crippen molar-refractivity contribution in [3.63, 3.8) is 0 Å². The van der Waals surface area contributed by atoms with Crippen LogP contribution in [0, 0.1) is 101 Å². The molecule has 13 unspecified atom stereocenters. The smallest absolute Gasteiger partial charge is 0.309 e. The zero-order chi connectivity index (χ0) is 32.3. The van der Waals surface area contributed by atoms with E-state index in [2.05, 4.69) is 48.5 Å². The molecule has 258 valence electrons. The van der Waals surface area contributed by atoms with Crippen LogP contribution in [0.2, 0.25) is 0 Å². The molecule has 0 N–H and O–H groups in total. The average Bonchev–Trinajstić information content (AvgIpc) is 3.87. The number of carbonyl (C=O) groups excluding carboxylic acids is 2. The van der Waals surface area contributed by atoms with E-state index >= 15 is 0 Å². The van der Waals surface area contributed by atoms with Crippen LogP contribution < -0.4 is 0 Å². The molecule has 10 fully saturated rings. The Bertz CT molecular complexity index is 1160. The number of ether oxygens (including phenoxy) is 2. The number of esters is 2. The molecule has 46 heavy (non-hydrogen) atoms. The highest BCUT2D eigenvalue weighted by molar-refractivity contribution is 5.74. The van der Waals surface area contributed by atoms with Crippen LogP contribution in [0.3, 0.4) is 0 Å². The Balaban J connectivity index is 0.000000136. The average molecular weight is 635 g/mol. The maximum absolute atomic E-state index is 13.2. The SMILES string of the molecule is CC1C2CC(C(=O)OC(C)(C)C3CC4CCC3C4)C(C2)C1C.CCC1(OC(=O)C2CC3CC2C(C)C3C)C2CC3CC(C2)CC1C3. The molecule has 10 aliphatic rings. The summed E-state index contributed by atoms with van der Waals surface area (Å²) in [6.07, 6.45) is 18.0. The third-order valence-electron chi connectivity index (χ3n) is 17.8. The second kappa shape index (κ2) is 11.5. The minimum Gasteiger partial charge on any atom is -0.459 e. The molecule has 10 saturated carbocycles. The summed E-state index contributed by atoms with van der Waals surface area (Å²) in [6.45, 7) is 16.1. The van der Waals surface area contributed by atoms with Crippen molar-refractivity contribution in [3.05, 3.63) is 0 Å². The number of rotatable bonds is 6. The summed E-state index contributed by atoms with van der Waals surface area (Å²) in [5, 5.41) is 0. The van der Waals surface area contributed by atoms with Crippen LogP contribution in [0.5, 0.6) is 0 Å². The van der Waals surface area contributed by atoms with Crippen molar-refractivity contribution in [3.8, 4) is 0 Å². The molecular weight excluding hydrogens is 568 g/mol. The summed E-state index contributed by atoms with van der Waals surface area (Å²) < 4.78 is 12.7. The van der Waals surface area contributed by atoms with Crippen molar-refractivity contribution >= 4 is 11.9 Å². The zero-order valence-electron chi connectivity index (χ0n) is 30.3. The fourth-order valence-electron chi connectivity index (χ4n) is 15.0. The van der Waals surface area contributed by atoms with E-state index in [-0.39, 0.29) is 35.0 Å². The summed E-state index contributed by atoms with van der Waals surface area (Å²) in [6, 6.07) is 0. The molecule has 4 nitrogen and oxygen atoms in total. The lowest BCUT2D eigenvalue weighted by Crippen LogP contribution is -2.60. The standard InChI is InChI=1S/C22H34O2.C20H32O2/c1-4-22(17-6-14-5-15(8-17)9-18(22)7-14)24-21(23)20-11-16-10-19(20)13(3)12(16)2;1-11-12(2)16-9-15(11)10-17(16)19(21)22-20(3,4)18-8-13-5-6-14(18)7-13/h12-20H,4-11H2,1-3H3;11-18H,5-10H2,1-4H3. The maximum Gasteiger partial charge on any atom is 0.309 e. The molecule has 10 aliphatic carbocycles. The highest BCUT2D eigenvalue weighted by Gasteiger charge is 2.60. The van der Waals surface area contributed by atoms with Crippen molar-refractivity contribution in [2.45, 2.75) is 150 Å². The molecule has 0 heterocycles. The Morgan fingerprint density at radius 2 is 1.15 bits per heavy atom. The van der Waals surface area contributed by atoms with Crippen molar-refractivity contribution in [1.29, 1.82) is 0 Å². The first-order chi connectivity index (χ1) is 21.9. The van der Waals surface area contributed by atoms with Crippen molar-refractivity contribution in [1.82, 2.24) is 0 Å². The molecule has 10 rings (SSSR count). The topological polar surface area (TPSA) is 52.6 Å². The minimum atomic E-state index is -0.256. The van der Waals surface area contributed by atoms with Crippen LogP contribution >= 0.6 is 0 Å². The lowest BCUT2D eigenvalue weighted by Gasteiger charge is -2.60. The van der Waals surface area contributed by atoms with E-state index in [9.17, 15) is 9.59 Å². The first-order valence-corrected chi connectivity index (χ1v) is 20.3.